The second kappa shape index (κ2) is 7.51. The molecule has 1 atom stereocenters. The highest BCUT2D eigenvalue weighted by Crippen LogP contribution is 2.36. The van der Waals surface area contributed by atoms with E-state index in [9.17, 15) is 14.7 Å². The number of amides is 1. The van der Waals surface area contributed by atoms with E-state index < -0.39 is 5.60 Å². The van der Waals surface area contributed by atoms with Gasteiger partial charge in [-0.1, -0.05) is 19.1 Å². The highest BCUT2D eigenvalue weighted by molar-refractivity contribution is 5.94. The quantitative estimate of drug-likeness (QED) is 0.844. The van der Waals surface area contributed by atoms with Gasteiger partial charge >= 0.3 is 0 Å². The number of aliphatic hydroxyl groups is 1. The molecule has 3 rings (SSSR count). The van der Waals surface area contributed by atoms with E-state index in [1.165, 1.54) is 11.1 Å². The van der Waals surface area contributed by atoms with E-state index in [0.29, 0.717) is 5.92 Å². The Morgan fingerprint density at radius 2 is 1.77 bits per heavy atom. The number of rotatable bonds is 3. The van der Waals surface area contributed by atoms with Crippen LogP contribution in [0.2, 0.25) is 0 Å². The number of fused-ring (bicyclic) bond motifs is 1. The summed E-state index contributed by atoms with van der Waals surface area (Å²) in [6.07, 6.45) is 5.09. The number of hydrogen-bond acceptors (Lipinski definition) is 3. The van der Waals surface area contributed by atoms with Gasteiger partial charge in [-0.15, -0.1) is 0 Å². The molecule has 26 heavy (non-hydrogen) atoms. The minimum absolute atomic E-state index is 0.0140. The van der Waals surface area contributed by atoms with Gasteiger partial charge in [-0.2, -0.15) is 0 Å². The van der Waals surface area contributed by atoms with Crippen LogP contribution in [-0.4, -0.2) is 40.4 Å². The summed E-state index contributed by atoms with van der Waals surface area (Å²) in [5.41, 5.74) is 2.66. The maximum absolute atomic E-state index is 13.0. The van der Waals surface area contributed by atoms with Gasteiger partial charge in [-0.3, -0.25) is 9.59 Å². The SMILES string of the molecule is CC(=O)c1ccc2c(c1)CCN(C(=O)C(C)C1CCC(C)(O)CC1)CC2. The minimum Gasteiger partial charge on any atom is -0.390 e. The zero-order chi connectivity index (χ0) is 18.9. The Bertz CT molecular complexity index is 685. The molecule has 1 fully saturated rings. The standard InChI is InChI=1S/C22H31NO3/c1-15(17-6-10-22(3,26)11-7-17)21(25)23-12-8-18-4-5-19(16(2)24)14-20(18)9-13-23/h4-5,14-15,17,26H,6-13H2,1-3H3. The van der Waals surface area contributed by atoms with Gasteiger partial charge in [0.25, 0.3) is 0 Å². The second-order valence-electron chi connectivity index (χ2n) is 8.49. The zero-order valence-corrected chi connectivity index (χ0v) is 16.3. The van der Waals surface area contributed by atoms with Gasteiger partial charge in [-0.25, -0.2) is 0 Å². The average Bonchev–Trinajstić information content (AvgIpc) is 2.82. The van der Waals surface area contributed by atoms with E-state index >= 15 is 0 Å². The first-order valence-corrected chi connectivity index (χ1v) is 9.91. The smallest absolute Gasteiger partial charge is 0.225 e. The molecule has 0 saturated heterocycles. The molecule has 1 saturated carbocycles. The second-order valence-corrected chi connectivity index (χ2v) is 8.49. The summed E-state index contributed by atoms with van der Waals surface area (Å²) in [6, 6.07) is 5.94. The molecule has 4 nitrogen and oxygen atoms in total. The van der Waals surface area contributed by atoms with Crippen LogP contribution in [0.15, 0.2) is 18.2 Å². The Labute approximate surface area is 156 Å². The molecule has 2 aliphatic rings. The summed E-state index contributed by atoms with van der Waals surface area (Å²) < 4.78 is 0. The lowest BCUT2D eigenvalue weighted by molar-refractivity contribution is -0.137. The van der Waals surface area contributed by atoms with Gasteiger partial charge in [-0.05, 0) is 75.5 Å². The van der Waals surface area contributed by atoms with Crippen molar-refractivity contribution >= 4 is 11.7 Å². The largest absolute Gasteiger partial charge is 0.390 e. The molecular weight excluding hydrogens is 326 g/mol. The fourth-order valence-corrected chi connectivity index (χ4v) is 4.42. The van der Waals surface area contributed by atoms with Crippen LogP contribution in [0, 0.1) is 11.8 Å². The summed E-state index contributed by atoms with van der Waals surface area (Å²) in [7, 11) is 0. The van der Waals surface area contributed by atoms with E-state index in [1.54, 1.807) is 6.92 Å². The minimum atomic E-state index is -0.558. The van der Waals surface area contributed by atoms with E-state index in [0.717, 1.165) is 57.2 Å². The van der Waals surface area contributed by atoms with Crippen LogP contribution >= 0.6 is 0 Å². The van der Waals surface area contributed by atoms with Gasteiger partial charge in [0, 0.05) is 24.6 Å². The lowest BCUT2D eigenvalue weighted by Gasteiger charge is -2.36. The van der Waals surface area contributed by atoms with Crippen LogP contribution < -0.4 is 0 Å². The topological polar surface area (TPSA) is 57.6 Å². The highest BCUT2D eigenvalue weighted by atomic mass is 16.3. The van der Waals surface area contributed by atoms with Crippen molar-refractivity contribution in [2.75, 3.05) is 13.1 Å². The van der Waals surface area contributed by atoms with Gasteiger partial charge in [0.2, 0.25) is 5.91 Å². The Morgan fingerprint density at radius 1 is 1.15 bits per heavy atom. The summed E-state index contributed by atoms with van der Waals surface area (Å²) >= 11 is 0. The van der Waals surface area contributed by atoms with Crippen molar-refractivity contribution in [3.63, 3.8) is 0 Å². The monoisotopic (exact) mass is 357 g/mol. The van der Waals surface area contributed by atoms with Gasteiger partial charge in [0.15, 0.2) is 5.78 Å². The van der Waals surface area contributed by atoms with Crippen molar-refractivity contribution in [3.8, 4) is 0 Å². The van der Waals surface area contributed by atoms with Crippen molar-refractivity contribution in [1.82, 2.24) is 4.90 Å². The van der Waals surface area contributed by atoms with Crippen molar-refractivity contribution in [2.45, 2.75) is 64.9 Å². The van der Waals surface area contributed by atoms with Crippen LogP contribution in [0.5, 0.6) is 0 Å². The van der Waals surface area contributed by atoms with Crippen LogP contribution in [-0.2, 0) is 17.6 Å². The Morgan fingerprint density at radius 3 is 2.38 bits per heavy atom. The van der Waals surface area contributed by atoms with Crippen LogP contribution in [0.3, 0.4) is 0 Å². The highest BCUT2D eigenvalue weighted by Gasteiger charge is 2.35. The van der Waals surface area contributed by atoms with E-state index in [4.69, 9.17) is 0 Å². The predicted octanol–water partition coefficient (Wildman–Crippen LogP) is 3.39. The Hall–Kier alpha value is -1.68. The first kappa shape index (κ1) is 19.1. The lowest BCUT2D eigenvalue weighted by Crippen LogP contribution is -2.41. The summed E-state index contributed by atoms with van der Waals surface area (Å²) in [5.74, 6) is 0.723. The summed E-state index contributed by atoms with van der Waals surface area (Å²) in [4.78, 5) is 26.7. The van der Waals surface area contributed by atoms with Gasteiger partial charge in [0.05, 0.1) is 5.60 Å². The van der Waals surface area contributed by atoms with E-state index in [-0.39, 0.29) is 17.6 Å². The number of nitrogens with zero attached hydrogens (tertiary/aromatic N) is 1. The predicted molar refractivity (Wildman–Crippen MR) is 102 cm³/mol. The molecular formula is C22H31NO3. The van der Waals surface area contributed by atoms with Crippen molar-refractivity contribution in [1.29, 1.82) is 0 Å². The summed E-state index contributed by atoms with van der Waals surface area (Å²) in [6.45, 7) is 7.02. The number of Topliss-reactive ketones (excluding diaryl/α,β-unsaturated/α-hetero) is 1. The third-order valence-electron chi connectivity index (χ3n) is 6.43. The fourth-order valence-electron chi connectivity index (χ4n) is 4.42. The third-order valence-corrected chi connectivity index (χ3v) is 6.43. The Kier molecular flexibility index (Phi) is 5.52. The van der Waals surface area contributed by atoms with E-state index in [1.807, 2.05) is 30.0 Å². The average molecular weight is 357 g/mol. The molecule has 1 heterocycles. The molecule has 1 unspecified atom stereocenters. The molecule has 1 aromatic rings. The molecule has 1 aromatic carbocycles. The normalized spacial score (nSPS) is 27.4. The fraction of sp³-hybridized carbons (Fsp3) is 0.636. The van der Waals surface area contributed by atoms with Gasteiger partial charge in [0.1, 0.15) is 0 Å². The number of carbonyl (C=O) groups excluding carboxylic acids is 2. The zero-order valence-electron chi connectivity index (χ0n) is 16.3. The van der Waals surface area contributed by atoms with Crippen LogP contribution in [0.25, 0.3) is 0 Å². The lowest BCUT2D eigenvalue weighted by atomic mass is 9.74. The Balaban J connectivity index is 1.64. The maximum atomic E-state index is 13.0. The van der Waals surface area contributed by atoms with Crippen molar-refractivity contribution in [3.05, 3.63) is 34.9 Å². The van der Waals surface area contributed by atoms with Crippen LogP contribution in [0.4, 0.5) is 0 Å². The molecule has 4 heteroatoms. The number of benzene rings is 1. The first-order chi connectivity index (χ1) is 12.3. The molecule has 142 valence electrons. The van der Waals surface area contributed by atoms with Crippen molar-refractivity contribution < 1.29 is 14.7 Å². The third kappa shape index (κ3) is 4.17. The molecule has 0 aromatic heterocycles. The van der Waals surface area contributed by atoms with E-state index in [2.05, 4.69) is 6.92 Å². The summed E-state index contributed by atoms with van der Waals surface area (Å²) in [5, 5.41) is 10.1. The first-order valence-electron chi connectivity index (χ1n) is 9.91. The number of carbonyl (C=O) groups is 2. The van der Waals surface area contributed by atoms with Gasteiger partial charge < -0.3 is 10.0 Å². The number of ketones is 1. The molecule has 1 aliphatic heterocycles. The maximum Gasteiger partial charge on any atom is 0.225 e. The molecule has 1 N–H and O–H groups in total. The molecule has 0 radical (unpaired) electrons. The van der Waals surface area contributed by atoms with Crippen molar-refractivity contribution in [2.24, 2.45) is 11.8 Å². The molecule has 0 spiro atoms. The molecule has 1 amide bonds. The molecule has 0 bridgehead atoms. The molecule has 1 aliphatic carbocycles. The van der Waals surface area contributed by atoms with Crippen LogP contribution in [0.1, 0.15) is 67.9 Å². The number of hydrogen-bond donors (Lipinski definition) is 1.